The van der Waals surface area contributed by atoms with Crippen molar-refractivity contribution in [3.05, 3.63) is 78.1 Å². The van der Waals surface area contributed by atoms with Crippen LogP contribution < -0.4 is 10.1 Å². The normalized spacial score (nSPS) is 11.3. The van der Waals surface area contributed by atoms with Crippen LogP contribution in [0.25, 0.3) is 22.2 Å². The predicted molar refractivity (Wildman–Crippen MR) is 161 cm³/mol. The smallest absolute Gasteiger partial charge is 0.465 e. The molecule has 4 aromatic rings. The number of hydrogen-bond acceptors (Lipinski definition) is 7. The summed E-state index contributed by atoms with van der Waals surface area (Å²) in [4.78, 5) is 29.1. The lowest BCUT2D eigenvalue weighted by molar-refractivity contribution is -0.140. The summed E-state index contributed by atoms with van der Waals surface area (Å²) in [6.07, 6.45) is 2.27. The maximum Gasteiger partial charge on any atom is 0.514 e. The van der Waals surface area contributed by atoms with E-state index in [0.29, 0.717) is 18.9 Å². The van der Waals surface area contributed by atoms with Gasteiger partial charge in [0, 0.05) is 24.2 Å². The maximum atomic E-state index is 12.3. The van der Waals surface area contributed by atoms with Gasteiger partial charge in [0.25, 0.3) is 0 Å². The molecule has 0 fully saturated rings. The van der Waals surface area contributed by atoms with Gasteiger partial charge in [-0.2, -0.15) is 0 Å². The van der Waals surface area contributed by atoms with Gasteiger partial charge in [0.15, 0.2) is 0 Å². The van der Waals surface area contributed by atoms with Gasteiger partial charge in [-0.15, -0.1) is 0 Å². The van der Waals surface area contributed by atoms with Crippen LogP contribution >= 0.6 is 0 Å². The predicted octanol–water partition coefficient (Wildman–Crippen LogP) is 7.38. The highest BCUT2D eigenvalue weighted by atomic mass is 16.7. The van der Waals surface area contributed by atoms with Gasteiger partial charge < -0.3 is 24.1 Å². The van der Waals surface area contributed by atoms with Crippen molar-refractivity contribution in [3.8, 4) is 16.9 Å². The third kappa shape index (κ3) is 8.10. The molecule has 3 aromatic carbocycles. The van der Waals surface area contributed by atoms with Crippen molar-refractivity contribution >= 4 is 28.8 Å². The summed E-state index contributed by atoms with van der Waals surface area (Å²) in [7, 11) is 0. The number of nitrogens with one attached hydrogen (secondary N) is 1. The third-order valence-electron chi connectivity index (χ3n) is 6.40. The summed E-state index contributed by atoms with van der Waals surface area (Å²) in [6.45, 7) is 10.5. The summed E-state index contributed by atoms with van der Waals surface area (Å²) in [5, 5.41) is 3.16. The highest BCUT2D eigenvalue weighted by molar-refractivity contribution is 5.82. The molecule has 0 aliphatic rings. The molecule has 1 heterocycles. The molecule has 1 aromatic heterocycles. The quantitative estimate of drug-likeness (QED) is 0.152. The van der Waals surface area contributed by atoms with Crippen molar-refractivity contribution in [2.45, 2.75) is 66.0 Å². The lowest BCUT2D eigenvalue weighted by Crippen LogP contribution is -2.26. The van der Waals surface area contributed by atoms with E-state index in [9.17, 15) is 9.59 Å². The second-order valence-electron chi connectivity index (χ2n) is 10.8. The van der Waals surface area contributed by atoms with Crippen LogP contribution in [0.1, 0.15) is 58.8 Å². The van der Waals surface area contributed by atoms with E-state index in [1.54, 1.807) is 33.8 Å². The number of hydrogen-bond donors (Lipinski definition) is 1. The number of imidazole rings is 1. The fourth-order valence-electron chi connectivity index (χ4n) is 4.50. The zero-order valence-corrected chi connectivity index (χ0v) is 24.5. The number of unbranched alkanes of at least 4 members (excludes halogenated alkanes) is 1. The molecule has 0 spiro atoms. The average molecular weight is 558 g/mol. The molecular formula is C33H39N3O5. The van der Waals surface area contributed by atoms with Gasteiger partial charge in [-0.05, 0) is 69.5 Å². The number of anilines is 1. The van der Waals surface area contributed by atoms with Crippen LogP contribution in [0.4, 0.5) is 10.5 Å². The van der Waals surface area contributed by atoms with Crippen LogP contribution in [0.2, 0.25) is 0 Å². The maximum absolute atomic E-state index is 12.3. The van der Waals surface area contributed by atoms with Crippen molar-refractivity contribution in [2.75, 3.05) is 18.5 Å². The molecule has 8 heteroatoms. The Balaban J connectivity index is 1.58. The van der Waals surface area contributed by atoms with E-state index in [-0.39, 0.29) is 12.5 Å². The van der Waals surface area contributed by atoms with E-state index < -0.39 is 11.8 Å². The highest BCUT2D eigenvalue weighted by Gasteiger charge is 2.19. The molecule has 0 amide bonds. The van der Waals surface area contributed by atoms with E-state index in [1.807, 2.05) is 48.5 Å². The van der Waals surface area contributed by atoms with Crippen molar-refractivity contribution in [2.24, 2.45) is 0 Å². The van der Waals surface area contributed by atoms with E-state index in [1.165, 1.54) is 0 Å². The number of aryl methyl sites for hydroxylation is 1. The Morgan fingerprint density at radius 1 is 0.976 bits per heavy atom. The van der Waals surface area contributed by atoms with Gasteiger partial charge in [-0.25, -0.2) is 9.78 Å². The lowest BCUT2D eigenvalue weighted by Gasteiger charge is -2.19. The van der Waals surface area contributed by atoms with Crippen LogP contribution in [0.5, 0.6) is 5.75 Å². The molecule has 0 radical (unpaired) electrons. The summed E-state index contributed by atoms with van der Waals surface area (Å²) < 4.78 is 18.2. The van der Waals surface area contributed by atoms with Gasteiger partial charge in [0.2, 0.25) is 0 Å². The minimum absolute atomic E-state index is 0.108. The SMILES string of the molecule is CCCCc1nc2ccc(NCC(=O)OCC)cc2n1Cc1ccc(-c2ccccc2OC(=O)OC(C)(C)C)cc1. The van der Waals surface area contributed by atoms with Gasteiger partial charge in [0.1, 0.15) is 23.7 Å². The molecule has 0 bridgehead atoms. The Hall–Kier alpha value is -4.33. The fraction of sp³-hybridized carbons (Fsp3) is 0.364. The molecule has 0 aliphatic heterocycles. The molecular weight excluding hydrogens is 518 g/mol. The molecule has 0 saturated carbocycles. The summed E-state index contributed by atoms with van der Waals surface area (Å²) in [5.41, 5.74) is 4.97. The molecule has 0 atom stereocenters. The number of fused-ring (bicyclic) bond motifs is 1. The Morgan fingerprint density at radius 3 is 2.44 bits per heavy atom. The van der Waals surface area contributed by atoms with Crippen molar-refractivity contribution in [1.82, 2.24) is 9.55 Å². The first-order valence-electron chi connectivity index (χ1n) is 14.1. The van der Waals surface area contributed by atoms with Gasteiger partial charge in [-0.1, -0.05) is 55.8 Å². The van der Waals surface area contributed by atoms with E-state index in [2.05, 4.69) is 28.9 Å². The van der Waals surface area contributed by atoms with E-state index in [0.717, 1.165) is 58.5 Å². The number of rotatable bonds is 11. The monoisotopic (exact) mass is 557 g/mol. The highest BCUT2D eigenvalue weighted by Crippen LogP contribution is 2.31. The molecule has 0 saturated heterocycles. The Morgan fingerprint density at radius 2 is 1.73 bits per heavy atom. The number of carbonyl (C=O) groups is 2. The molecule has 8 nitrogen and oxygen atoms in total. The number of benzene rings is 3. The van der Waals surface area contributed by atoms with Gasteiger partial charge >= 0.3 is 12.1 Å². The van der Waals surface area contributed by atoms with Crippen LogP contribution in [0.15, 0.2) is 66.7 Å². The van der Waals surface area contributed by atoms with Crippen LogP contribution in [-0.4, -0.2) is 40.4 Å². The Labute approximate surface area is 241 Å². The molecule has 0 aliphatic carbocycles. The number of ether oxygens (including phenoxy) is 3. The van der Waals surface area contributed by atoms with Crippen LogP contribution in [0.3, 0.4) is 0 Å². The zero-order chi connectivity index (χ0) is 29.4. The number of aromatic nitrogens is 2. The first-order chi connectivity index (χ1) is 19.7. The van der Waals surface area contributed by atoms with Crippen LogP contribution in [-0.2, 0) is 27.2 Å². The zero-order valence-electron chi connectivity index (χ0n) is 24.5. The van der Waals surface area contributed by atoms with Gasteiger partial charge in [-0.3, -0.25) is 4.79 Å². The first kappa shape index (κ1) is 29.6. The summed E-state index contributed by atoms with van der Waals surface area (Å²) >= 11 is 0. The number of para-hydroxylation sites is 1. The van der Waals surface area contributed by atoms with E-state index in [4.69, 9.17) is 19.2 Å². The lowest BCUT2D eigenvalue weighted by atomic mass is 10.0. The second kappa shape index (κ2) is 13.4. The largest absolute Gasteiger partial charge is 0.514 e. The van der Waals surface area contributed by atoms with Crippen LogP contribution in [0, 0.1) is 0 Å². The third-order valence-corrected chi connectivity index (χ3v) is 6.40. The minimum atomic E-state index is -0.732. The van der Waals surface area contributed by atoms with E-state index >= 15 is 0 Å². The Kier molecular flexibility index (Phi) is 9.65. The summed E-state index contributed by atoms with van der Waals surface area (Å²) in [6, 6.07) is 21.6. The summed E-state index contributed by atoms with van der Waals surface area (Å²) in [5.74, 6) is 1.19. The first-order valence-corrected chi connectivity index (χ1v) is 14.1. The van der Waals surface area contributed by atoms with Gasteiger partial charge in [0.05, 0.1) is 17.6 Å². The second-order valence-corrected chi connectivity index (χ2v) is 10.8. The molecule has 1 N–H and O–H groups in total. The Bertz CT molecular complexity index is 1490. The van der Waals surface area contributed by atoms with Crippen molar-refractivity contribution in [3.63, 3.8) is 0 Å². The number of carbonyl (C=O) groups excluding carboxylic acids is 2. The van der Waals surface area contributed by atoms with Crippen molar-refractivity contribution < 1.29 is 23.8 Å². The molecule has 41 heavy (non-hydrogen) atoms. The number of esters is 1. The topological polar surface area (TPSA) is 91.7 Å². The average Bonchev–Trinajstić information content (AvgIpc) is 3.27. The number of nitrogens with zero attached hydrogens (tertiary/aromatic N) is 2. The standard InChI is InChI=1S/C33H39N3O5/c1-6-8-13-30-35-27-19-18-25(34-21-31(37)39-7-2)20-28(27)36(30)22-23-14-16-24(17-15-23)26-11-9-10-12-29(26)40-32(38)41-33(3,4)5/h9-12,14-20,34H,6-8,13,21-22H2,1-5H3. The molecule has 4 rings (SSSR count). The molecule has 0 unspecified atom stereocenters. The minimum Gasteiger partial charge on any atom is -0.465 e. The molecule has 216 valence electrons. The van der Waals surface area contributed by atoms with Crippen molar-refractivity contribution in [1.29, 1.82) is 0 Å². The fourth-order valence-corrected chi connectivity index (χ4v) is 4.50.